The monoisotopic (exact) mass is 405 g/mol. The summed E-state index contributed by atoms with van der Waals surface area (Å²) in [6.45, 7) is 2.09. The Morgan fingerprint density at radius 1 is 1.34 bits per heavy atom. The molecule has 2 aliphatic heterocycles. The lowest BCUT2D eigenvalue weighted by Crippen LogP contribution is -2.52. The van der Waals surface area contributed by atoms with Crippen LogP contribution in [0.1, 0.15) is 18.4 Å². The standard InChI is InChI=1S/C19H27N5O5/c1-29-10-4-8-20-19(26)18-14-12-23(9-7-15(14)21-22-18)17(25)11-13-5-2-3-6-16(13)24(27)28/h2-3,5-6,14-15,18,21-22H,4,7-12H2,1H3,(H,20,26). The van der Waals surface area contributed by atoms with Crippen LogP contribution in [0, 0.1) is 16.0 Å². The number of methoxy groups -OCH3 is 1. The van der Waals surface area contributed by atoms with Crippen molar-refractivity contribution in [2.24, 2.45) is 5.92 Å². The highest BCUT2D eigenvalue weighted by atomic mass is 16.6. The largest absolute Gasteiger partial charge is 0.385 e. The number of rotatable bonds is 8. The lowest BCUT2D eigenvalue weighted by molar-refractivity contribution is -0.385. The Hall–Kier alpha value is -2.56. The SMILES string of the molecule is COCCCNC(=O)C1NNC2CCN(C(=O)Cc3ccccc3[N+](=O)[O-])CC21. The van der Waals surface area contributed by atoms with Gasteiger partial charge in [0.25, 0.3) is 5.69 Å². The molecule has 1 aromatic rings. The third-order valence-electron chi connectivity index (χ3n) is 5.50. The lowest BCUT2D eigenvalue weighted by atomic mass is 9.87. The molecule has 2 heterocycles. The number of para-hydroxylation sites is 1. The first-order chi connectivity index (χ1) is 14.0. The van der Waals surface area contributed by atoms with E-state index in [2.05, 4.69) is 16.2 Å². The van der Waals surface area contributed by atoms with Gasteiger partial charge in [-0.2, -0.15) is 0 Å². The number of nitro benzene ring substituents is 1. The van der Waals surface area contributed by atoms with Crippen molar-refractivity contribution in [1.29, 1.82) is 0 Å². The molecule has 3 atom stereocenters. The first-order valence-corrected chi connectivity index (χ1v) is 9.79. The Bertz CT molecular complexity index is 758. The minimum atomic E-state index is -0.469. The molecule has 29 heavy (non-hydrogen) atoms. The third-order valence-corrected chi connectivity index (χ3v) is 5.50. The molecule has 10 nitrogen and oxygen atoms in total. The van der Waals surface area contributed by atoms with Crippen LogP contribution in [0.5, 0.6) is 0 Å². The van der Waals surface area contributed by atoms with Gasteiger partial charge in [-0.15, -0.1) is 0 Å². The maximum absolute atomic E-state index is 12.8. The molecule has 3 N–H and O–H groups in total. The van der Waals surface area contributed by atoms with E-state index in [0.29, 0.717) is 38.2 Å². The second-order valence-electron chi connectivity index (χ2n) is 7.37. The van der Waals surface area contributed by atoms with E-state index < -0.39 is 11.0 Å². The van der Waals surface area contributed by atoms with E-state index in [0.717, 1.165) is 6.42 Å². The first kappa shape index (κ1) is 21.2. The summed E-state index contributed by atoms with van der Waals surface area (Å²) in [5.74, 6) is -0.320. The van der Waals surface area contributed by atoms with Gasteiger partial charge < -0.3 is 15.0 Å². The highest BCUT2D eigenvalue weighted by Gasteiger charge is 2.44. The van der Waals surface area contributed by atoms with Gasteiger partial charge in [-0.05, 0) is 12.8 Å². The van der Waals surface area contributed by atoms with Crippen LogP contribution in [0.2, 0.25) is 0 Å². The maximum Gasteiger partial charge on any atom is 0.273 e. The van der Waals surface area contributed by atoms with Crippen molar-refractivity contribution in [2.45, 2.75) is 31.3 Å². The number of fused-ring (bicyclic) bond motifs is 1. The van der Waals surface area contributed by atoms with Gasteiger partial charge in [-0.1, -0.05) is 18.2 Å². The van der Waals surface area contributed by atoms with Crippen LogP contribution in [0.4, 0.5) is 5.69 Å². The zero-order chi connectivity index (χ0) is 20.8. The lowest BCUT2D eigenvalue weighted by Gasteiger charge is -2.35. The van der Waals surface area contributed by atoms with Crippen LogP contribution in [-0.4, -0.2) is 67.1 Å². The number of ether oxygens (including phenoxy) is 1. The van der Waals surface area contributed by atoms with Gasteiger partial charge in [0.1, 0.15) is 6.04 Å². The Morgan fingerprint density at radius 2 is 2.14 bits per heavy atom. The number of hydrazine groups is 1. The van der Waals surface area contributed by atoms with E-state index >= 15 is 0 Å². The Balaban J connectivity index is 1.60. The van der Waals surface area contributed by atoms with Crippen molar-refractivity contribution in [3.05, 3.63) is 39.9 Å². The Morgan fingerprint density at radius 3 is 2.90 bits per heavy atom. The molecule has 0 saturated carbocycles. The summed E-state index contributed by atoms with van der Waals surface area (Å²) in [6.07, 6.45) is 1.42. The van der Waals surface area contributed by atoms with Gasteiger partial charge in [0.15, 0.2) is 0 Å². The summed E-state index contributed by atoms with van der Waals surface area (Å²) in [5.41, 5.74) is 6.57. The van der Waals surface area contributed by atoms with Crippen molar-refractivity contribution < 1.29 is 19.2 Å². The van der Waals surface area contributed by atoms with Gasteiger partial charge >= 0.3 is 0 Å². The average molecular weight is 405 g/mol. The van der Waals surface area contributed by atoms with Gasteiger partial charge in [0, 0.05) is 56.9 Å². The van der Waals surface area contributed by atoms with Crippen LogP contribution in [-0.2, 0) is 20.7 Å². The van der Waals surface area contributed by atoms with E-state index in [9.17, 15) is 19.7 Å². The topological polar surface area (TPSA) is 126 Å². The van der Waals surface area contributed by atoms with E-state index in [-0.39, 0.29) is 35.9 Å². The van der Waals surface area contributed by atoms with Gasteiger partial charge in [-0.3, -0.25) is 25.1 Å². The number of benzene rings is 1. The number of carbonyl (C=O) groups excluding carboxylic acids is 2. The smallest absolute Gasteiger partial charge is 0.273 e. The fourth-order valence-electron chi connectivity index (χ4n) is 3.94. The predicted molar refractivity (Wildman–Crippen MR) is 105 cm³/mol. The molecule has 2 aliphatic rings. The van der Waals surface area contributed by atoms with E-state index in [1.54, 1.807) is 30.2 Å². The highest BCUT2D eigenvalue weighted by molar-refractivity contribution is 5.83. The number of likely N-dealkylation sites (tertiary alicyclic amines) is 1. The van der Waals surface area contributed by atoms with Crippen LogP contribution in [0.3, 0.4) is 0 Å². The molecule has 0 bridgehead atoms. The number of nitro groups is 1. The van der Waals surface area contributed by atoms with Crippen molar-refractivity contribution in [1.82, 2.24) is 21.1 Å². The molecule has 3 unspecified atom stereocenters. The summed E-state index contributed by atoms with van der Waals surface area (Å²) in [7, 11) is 1.62. The van der Waals surface area contributed by atoms with Crippen LogP contribution < -0.4 is 16.2 Å². The van der Waals surface area contributed by atoms with Crippen LogP contribution in [0.25, 0.3) is 0 Å². The van der Waals surface area contributed by atoms with Crippen molar-refractivity contribution in [3.63, 3.8) is 0 Å². The number of nitrogens with zero attached hydrogens (tertiary/aromatic N) is 2. The summed E-state index contributed by atoms with van der Waals surface area (Å²) >= 11 is 0. The van der Waals surface area contributed by atoms with Crippen LogP contribution in [0.15, 0.2) is 24.3 Å². The molecule has 0 aromatic heterocycles. The molecule has 0 radical (unpaired) electrons. The second kappa shape index (κ2) is 9.77. The number of nitrogens with one attached hydrogen (secondary N) is 3. The van der Waals surface area contributed by atoms with Gasteiger partial charge in [0.05, 0.1) is 11.3 Å². The molecule has 3 rings (SSSR count). The summed E-state index contributed by atoms with van der Waals surface area (Å²) < 4.78 is 4.98. The molecule has 1 aromatic carbocycles. The molecule has 2 saturated heterocycles. The molecule has 10 heteroatoms. The normalized spacial score (nSPS) is 23.5. The number of hydrogen-bond acceptors (Lipinski definition) is 7. The fraction of sp³-hybridized carbons (Fsp3) is 0.579. The van der Waals surface area contributed by atoms with Gasteiger partial charge in [0.2, 0.25) is 11.8 Å². The zero-order valence-electron chi connectivity index (χ0n) is 16.4. The van der Waals surface area contributed by atoms with E-state index in [1.165, 1.54) is 6.07 Å². The number of hydrogen-bond donors (Lipinski definition) is 3. The van der Waals surface area contributed by atoms with Crippen molar-refractivity contribution in [2.75, 3.05) is 33.4 Å². The molecule has 0 spiro atoms. The van der Waals surface area contributed by atoms with Crippen molar-refractivity contribution in [3.8, 4) is 0 Å². The number of amides is 2. The summed E-state index contributed by atoms with van der Waals surface area (Å²) in [5, 5.41) is 14.1. The minimum Gasteiger partial charge on any atom is -0.385 e. The van der Waals surface area contributed by atoms with E-state index in [4.69, 9.17) is 4.74 Å². The third kappa shape index (κ3) is 5.08. The second-order valence-corrected chi connectivity index (χ2v) is 7.37. The Labute approximate surface area is 169 Å². The number of carbonyl (C=O) groups is 2. The summed E-state index contributed by atoms with van der Waals surface area (Å²) in [4.78, 5) is 37.7. The predicted octanol–water partition coefficient (Wildman–Crippen LogP) is -0.0165. The van der Waals surface area contributed by atoms with E-state index in [1.807, 2.05) is 0 Å². The van der Waals surface area contributed by atoms with Crippen LogP contribution >= 0.6 is 0 Å². The fourth-order valence-corrected chi connectivity index (χ4v) is 3.94. The molecule has 2 amide bonds. The zero-order valence-corrected chi connectivity index (χ0v) is 16.4. The molecule has 158 valence electrons. The molecule has 0 aliphatic carbocycles. The maximum atomic E-state index is 12.8. The van der Waals surface area contributed by atoms with Crippen molar-refractivity contribution >= 4 is 17.5 Å². The first-order valence-electron chi connectivity index (χ1n) is 9.79. The molecule has 2 fully saturated rings. The highest BCUT2D eigenvalue weighted by Crippen LogP contribution is 2.26. The quantitative estimate of drug-likeness (QED) is 0.315. The van der Waals surface area contributed by atoms with Gasteiger partial charge in [-0.25, -0.2) is 5.43 Å². The molecular formula is C19H27N5O5. The number of piperidine rings is 1. The Kier molecular flexibility index (Phi) is 7.13. The molecular weight excluding hydrogens is 378 g/mol. The summed E-state index contributed by atoms with van der Waals surface area (Å²) in [6, 6.07) is 5.98. The average Bonchev–Trinajstić information content (AvgIpc) is 3.14. The minimum absolute atomic E-state index is 0.0245.